The van der Waals surface area contributed by atoms with Gasteiger partial charge in [0.25, 0.3) is 0 Å². The van der Waals surface area contributed by atoms with Gasteiger partial charge in [-0.2, -0.15) is 0 Å². The van der Waals surface area contributed by atoms with Crippen LogP contribution in [-0.2, 0) is 4.74 Å². The molecule has 1 aromatic heterocycles. The quantitative estimate of drug-likeness (QED) is 0.333. The van der Waals surface area contributed by atoms with Crippen LogP contribution in [0, 0.1) is 0 Å². The minimum atomic E-state index is 0.289. The lowest BCUT2D eigenvalue weighted by molar-refractivity contribution is -0.0334. The summed E-state index contributed by atoms with van der Waals surface area (Å²) in [5.74, 6) is 0.951. The molecule has 2 rings (SSSR count). The summed E-state index contributed by atoms with van der Waals surface area (Å²) >= 11 is 1.82. The number of aliphatic imine (C=N–C) groups is 1. The van der Waals surface area contributed by atoms with Crippen LogP contribution >= 0.6 is 11.3 Å². The number of nitrogens with zero attached hydrogens (tertiary/aromatic N) is 3. The first kappa shape index (κ1) is 19.9. The summed E-state index contributed by atoms with van der Waals surface area (Å²) in [4.78, 5) is 10.6. The predicted molar refractivity (Wildman–Crippen MR) is 107 cm³/mol. The number of rotatable bonds is 8. The molecule has 140 valence electrons. The van der Waals surface area contributed by atoms with E-state index in [0.717, 1.165) is 51.6 Å². The molecule has 1 aliphatic rings. The van der Waals surface area contributed by atoms with Crippen LogP contribution in [0.5, 0.6) is 0 Å². The standard InChI is InChI=1S/C19H32N4OS/c1-5-6-7-10-22(4)19(20-3)21-14-17(18-9-8-13-25-18)23-11-12-24-16(2)15-23/h5,8-9,13,16-17H,1,6-7,10-12,14-15H2,2-4H3,(H,20,21). The van der Waals surface area contributed by atoms with Crippen LogP contribution in [0.3, 0.4) is 0 Å². The normalized spacial score (nSPS) is 20.3. The zero-order valence-electron chi connectivity index (χ0n) is 15.8. The highest BCUT2D eigenvalue weighted by Crippen LogP contribution is 2.26. The Kier molecular flexibility index (Phi) is 8.44. The van der Waals surface area contributed by atoms with E-state index in [0.29, 0.717) is 6.04 Å². The van der Waals surface area contributed by atoms with Gasteiger partial charge in [0.05, 0.1) is 18.8 Å². The molecule has 25 heavy (non-hydrogen) atoms. The van der Waals surface area contributed by atoms with E-state index < -0.39 is 0 Å². The minimum absolute atomic E-state index is 0.289. The molecule has 2 unspecified atom stereocenters. The first-order valence-corrected chi connectivity index (χ1v) is 9.95. The Balaban J connectivity index is 1.97. The maximum atomic E-state index is 5.72. The molecule has 1 N–H and O–H groups in total. The van der Waals surface area contributed by atoms with E-state index in [-0.39, 0.29) is 6.10 Å². The molecular weight excluding hydrogens is 332 g/mol. The summed E-state index contributed by atoms with van der Waals surface area (Å²) in [6.07, 6.45) is 4.38. The average Bonchev–Trinajstić information content (AvgIpc) is 3.13. The van der Waals surface area contributed by atoms with Crippen molar-refractivity contribution in [3.8, 4) is 0 Å². The van der Waals surface area contributed by atoms with Gasteiger partial charge in [0.2, 0.25) is 0 Å². The molecule has 0 aromatic carbocycles. The molecule has 5 nitrogen and oxygen atoms in total. The van der Waals surface area contributed by atoms with Crippen LogP contribution in [0.1, 0.15) is 30.7 Å². The number of guanidine groups is 1. The highest BCUT2D eigenvalue weighted by atomic mass is 32.1. The number of thiophene rings is 1. The fourth-order valence-electron chi connectivity index (χ4n) is 3.17. The summed E-state index contributed by atoms with van der Waals surface area (Å²) in [7, 11) is 3.94. The lowest BCUT2D eigenvalue weighted by Gasteiger charge is -2.37. The van der Waals surface area contributed by atoms with Gasteiger partial charge in [-0.3, -0.25) is 9.89 Å². The van der Waals surface area contributed by atoms with E-state index in [1.54, 1.807) is 0 Å². The monoisotopic (exact) mass is 364 g/mol. The third-order valence-electron chi connectivity index (χ3n) is 4.51. The van der Waals surface area contributed by atoms with Crippen molar-refractivity contribution in [1.82, 2.24) is 15.1 Å². The van der Waals surface area contributed by atoms with E-state index in [1.807, 2.05) is 24.5 Å². The molecule has 1 aliphatic heterocycles. The average molecular weight is 365 g/mol. The third kappa shape index (κ3) is 6.13. The molecule has 1 fully saturated rings. The Morgan fingerprint density at radius 2 is 2.48 bits per heavy atom. The van der Waals surface area contributed by atoms with Gasteiger partial charge in [-0.05, 0) is 31.2 Å². The Bertz CT molecular complexity index is 532. The number of hydrogen-bond acceptors (Lipinski definition) is 4. The van der Waals surface area contributed by atoms with Crippen LogP contribution < -0.4 is 5.32 Å². The number of hydrogen-bond donors (Lipinski definition) is 1. The van der Waals surface area contributed by atoms with Gasteiger partial charge < -0.3 is 15.0 Å². The second kappa shape index (κ2) is 10.6. The van der Waals surface area contributed by atoms with Crippen molar-refractivity contribution in [1.29, 1.82) is 0 Å². The maximum Gasteiger partial charge on any atom is 0.193 e. The van der Waals surface area contributed by atoms with Crippen LogP contribution in [0.2, 0.25) is 0 Å². The van der Waals surface area contributed by atoms with Crippen molar-refractivity contribution in [2.75, 3.05) is 46.9 Å². The van der Waals surface area contributed by atoms with Crippen LogP contribution in [-0.4, -0.2) is 68.7 Å². The fraction of sp³-hybridized carbons (Fsp3) is 0.632. The molecular formula is C19H32N4OS. The van der Waals surface area contributed by atoms with Crippen molar-refractivity contribution in [3.63, 3.8) is 0 Å². The molecule has 1 saturated heterocycles. The largest absolute Gasteiger partial charge is 0.376 e. The topological polar surface area (TPSA) is 40.1 Å². The first-order chi connectivity index (χ1) is 12.2. The van der Waals surface area contributed by atoms with Gasteiger partial charge in [0.1, 0.15) is 0 Å². The predicted octanol–water partition coefficient (Wildman–Crippen LogP) is 2.98. The van der Waals surface area contributed by atoms with E-state index in [2.05, 4.69) is 58.2 Å². The molecule has 6 heteroatoms. The van der Waals surface area contributed by atoms with E-state index in [9.17, 15) is 0 Å². The van der Waals surface area contributed by atoms with Crippen molar-refractivity contribution >= 4 is 17.3 Å². The molecule has 2 heterocycles. The van der Waals surface area contributed by atoms with E-state index in [4.69, 9.17) is 4.74 Å². The summed E-state index contributed by atoms with van der Waals surface area (Å²) in [5, 5.41) is 5.73. The molecule has 0 spiro atoms. The number of ether oxygens (including phenoxy) is 1. The minimum Gasteiger partial charge on any atom is -0.376 e. The molecule has 0 aliphatic carbocycles. The molecule has 0 amide bonds. The molecule has 0 radical (unpaired) electrons. The van der Waals surface area contributed by atoms with Gasteiger partial charge in [-0.1, -0.05) is 12.1 Å². The van der Waals surface area contributed by atoms with Crippen LogP contribution in [0.15, 0.2) is 35.2 Å². The number of nitrogens with one attached hydrogen (secondary N) is 1. The molecule has 1 aromatic rings. The SMILES string of the molecule is C=CCCCN(C)C(=NC)NCC(c1cccs1)N1CCOC(C)C1. The Labute approximate surface area is 156 Å². The highest BCUT2D eigenvalue weighted by molar-refractivity contribution is 7.10. The number of unbranched alkanes of at least 4 members (excludes halogenated alkanes) is 1. The van der Waals surface area contributed by atoms with Gasteiger partial charge >= 0.3 is 0 Å². The lowest BCUT2D eigenvalue weighted by Crippen LogP contribution is -2.48. The van der Waals surface area contributed by atoms with Crippen molar-refractivity contribution in [2.24, 2.45) is 4.99 Å². The zero-order valence-corrected chi connectivity index (χ0v) is 16.6. The van der Waals surface area contributed by atoms with E-state index >= 15 is 0 Å². The lowest BCUT2D eigenvalue weighted by atomic mass is 10.1. The highest BCUT2D eigenvalue weighted by Gasteiger charge is 2.26. The number of allylic oxidation sites excluding steroid dienone is 1. The summed E-state index contributed by atoms with van der Waals surface area (Å²) in [6, 6.07) is 4.71. The second-order valence-electron chi connectivity index (χ2n) is 6.49. The third-order valence-corrected chi connectivity index (χ3v) is 5.49. The van der Waals surface area contributed by atoms with Crippen LogP contribution in [0.4, 0.5) is 0 Å². The first-order valence-electron chi connectivity index (χ1n) is 9.07. The molecule has 0 saturated carbocycles. The van der Waals surface area contributed by atoms with Gasteiger partial charge in [0.15, 0.2) is 5.96 Å². The smallest absolute Gasteiger partial charge is 0.193 e. The zero-order chi connectivity index (χ0) is 18.1. The fourth-order valence-corrected chi connectivity index (χ4v) is 4.03. The number of morpholine rings is 1. The Hall–Kier alpha value is -1.37. The second-order valence-corrected chi connectivity index (χ2v) is 7.47. The van der Waals surface area contributed by atoms with Crippen LogP contribution in [0.25, 0.3) is 0 Å². The molecule has 2 atom stereocenters. The van der Waals surface area contributed by atoms with Crippen molar-refractivity contribution in [2.45, 2.75) is 31.9 Å². The van der Waals surface area contributed by atoms with Crippen molar-refractivity contribution < 1.29 is 4.74 Å². The van der Waals surface area contributed by atoms with Gasteiger partial charge in [-0.15, -0.1) is 17.9 Å². The Morgan fingerprint density at radius 3 is 3.12 bits per heavy atom. The molecule has 0 bridgehead atoms. The summed E-state index contributed by atoms with van der Waals surface area (Å²) in [5.41, 5.74) is 0. The Morgan fingerprint density at radius 1 is 1.64 bits per heavy atom. The maximum absolute atomic E-state index is 5.72. The summed E-state index contributed by atoms with van der Waals surface area (Å²) in [6.45, 7) is 10.5. The summed E-state index contributed by atoms with van der Waals surface area (Å²) < 4.78 is 5.72. The van der Waals surface area contributed by atoms with Gasteiger partial charge in [-0.25, -0.2) is 0 Å². The van der Waals surface area contributed by atoms with Gasteiger partial charge in [0, 0.05) is 45.2 Å². The van der Waals surface area contributed by atoms with Crippen molar-refractivity contribution in [3.05, 3.63) is 35.0 Å². The van der Waals surface area contributed by atoms with E-state index in [1.165, 1.54) is 4.88 Å².